The molecule has 0 bridgehead atoms. The first-order valence-electron chi connectivity index (χ1n) is 8.09. The minimum Gasteiger partial charge on any atom is -0.321 e. The van der Waals surface area contributed by atoms with Crippen molar-refractivity contribution >= 4 is 40.3 Å². The molecule has 0 atom stereocenters. The highest BCUT2D eigenvalue weighted by Crippen LogP contribution is 2.17. The van der Waals surface area contributed by atoms with E-state index < -0.39 is 11.2 Å². The maximum Gasteiger partial charge on any atom is 0.332 e. The van der Waals surface area contributed by atoms with Gasteiger partial charge in [-0.05, 0) is 36.3 Å². The molecule has 8 heteroatoms. The third kappa shape index (κ3) is 3.68. The summed E-state index contributed by atoms with van der Waals surface area (Å²) >= 11 is 6.07. The molecule has 0 radical (unpaired) electrons. The molecule has 3 aromatic rings. The van der Waals surface area contributed by atoms with Crippen LogP contribution in [0, 0.1) is 6.92 Å². The number of halogens is 1. The summed E-state index contributed by atoms with van der Waals surface area (Å²) < 4.78 is 2.28. The normalized spacial score (nSPS) is 11.3. The van der Waals surface area contributed by atoms with Gasteiger partial charge in [-0.25, -0.2) is 9.78 Å². The molecular weight excluding hydrogens is 368 g/mol. The van der Waals surface area contributed by atoms with Gasteiger partial charge in [-0.15, -0.1) is 0 Å². The van der Waals surface area contributed by atoms with E-state index in [2.05, 4.69) is 10.3 Å². The van der Waals surface area contributed by atoms with E-state index in [-0.39, 0.29) is 16.9 Å². The number of fused-ring (bicyclic) bond motifs is 1. The second-order valence-electron chi connectivity index (χ2n) is 6.13. The predicted molar refractivity (Wildman–Crippen MR) is 106 cm³/mol. The summed E-state index contributed by atoms with van der Waals surface area (Å²) in [7, 11) is 2.93. The minimum absolute atomic E-state index is 0.242. The van der Waals surface area contributed by atoms with Crippen LogP contribution < -0.4 is 16.6 Å². The van der Waals surface area contributed by atoms with Crippen LogP contribution in [0.15, 0.2) is 46.1 Å². The highest BCUT2D eigenvalue weighted by molar-refractivity contribution is 6.31. The lowest BCUT2D eigenvalue weighted by molar-refractivity contribution is -0.111. The van der Waals surface area contributed by atoms with Gasteiger partial charge in [0.1, 0.15) is 5.65 Å². The van der Waals surface area contributed by atoms with Gasteiger partial charge in [0.25, 0.3) is 5.56 Å². The Morgan fingerprint density at radius 1 is 1.19 bits per heavy atom. The predicted octanol–water partition coefficient (Wildman–Crippen LogP) is 2.25. The van der Waals surface area contributed by atoms with Crippen molar-refractivity contribution in [3.05, 3.63) is 73.5 Å². The summed E-state index contributed by atoms with van der Waals surface area (Å²) in [5.41, 5.74) is 1.43. The van der Waals surface area contributed by atoms with Crippen molar-refractivity contribution in [3.63, 3.8) is 0 Å². The Balaban J connectivity index is 1.87. The van der Waals surface area contributed by atoms with Gasteiger partial charge in [-0.2, -0.15) is 0 Å². The van der Waals surface area contributed by atoms with Crippen LogP contribution in [-0.4, -0.2) is 20.0 Å². The molecule has 0 fully saturated rings. The van der Waals surface area contributed by atoms with Gasteiger partial charge >= 0.3 is 5.69 Å². The van der Waals surface area contributed by atoms with Crippen molar-refractivity contribution in [2.75, 3.05) is 5.32 Å². The van der Waals surface area contributed by atoms with Crippen LogP contribution in [0.25, 0.3) is 17.1 Å². The fourth-order valence-electron chi connectivity index (χ4n) is 2.60. The second kappa shape index (κ2) is 7.20. The number of nitrogens with one attached hydrogen (secondary N) is 1. The van der Waals surface area contributed by atoms with E-state index in [1.165, 1.54) is 37.0 Å². The maximum atomic E-state index is 12.3. The van der Waals surface area contributed by atoms with E-state index in [9.17, 15) is 14.4 Å². The zero-order valence-corrected chi connectivity index (χ0v) is 15.7. The molecule has 3 rings (SSSR count). The van der Waals surface area contributed by atoms with E-state index in [1.54, 1.807) is 12.1 Å². The number of rotatable bonds is 3. The zero-order chi connectivity index (χ0) is 19.7. The van der Waals surface area contributed by atoms with Crippen molar-refractivity contribution in [2.45, 2.75) is 6.92 Å². The topological polar surface area (TPSA) is 86.0 Å². The molecule has 0 saturated heterocycles. The van der Waals surface area contributed by atoms with E-state index in [0.717, 1.165) is 15.7 Å². The number of carbonyl (C=O) groups is 1. The summed E-state index contributed by atoms with van der Waals surface area (Å²) in [5.74, 6) is -0.380. The van der Waals surface area contributed by atoms with Gasteiger partial charge < -0.3 is 5.32 Å². The quantitative estimate of drug-likeness (QED) is 0.702. The van der Waals surface area contributed by atoms with Gasteiger partial charge in [-0.1, -0.05) is 23.7 Å². The number of hydrogen-bond donors (Lipinski definition) is 1. The molecule has 1 aromatic carbocycles. The van der Waals surface area contributed by atoms with Gasteiger partial charge in [-0.3, -0.25) is 18.7 Å². The Labute approximate surface area is 159 Å². The smallest absolute Gasteiger partial charge is 0.321 e. The van der Waals surface area contributed by atoms with Crippen molar-refractivity contribution in [1.29, 1.82) is 0 Å². The Kier molecular flexibility index (Phi) is 4.96. The Morgan fingerprint density at radius 3 is 2.63 bits per heavy atom. The lowest BCUT2D eigenvalue weighted by atomic mass is 10.1. The molecule has 1 amide bonds. The van der Waals surface area contributed by atoms with Crippen molar-refractivity contribution in [1.82, 2.24) is 14.1 Å². The number of anilines is 1. The first-order valence-corrected chi connectivity index (χ1v) is 8.46. The fourth-order valence-corrected chi connectivity index (χ4v) is 2.79. The molecule has 138 valence electrons. The lowest BCUT2D eigenvalue weighted by Gasteiger charge is -2.08. The molecule has 0 aliphatic heterocycles. The minimum atomic E-state index is -0.471. The molecule has 0 unspecified atom stereocenters. The number of pyridine rings is 1. The van der Waals surface area contributed by atoms with Gasteiger partial charge in [0.15, 0.2) is 0 Å². The van der Waals surface area contributed by atoms with Crippen LogP contribution in [0.2, 0.25) is 5.02 Å². The summed E-state index contributed by atoms with van der Waals surface area (Å²) in [6, 6.07) is 6.99. The van der Waals surface area contributed by atoms with E-state index in [0.29, 0.717) is 10.7 Å². The van der Waals surface area contributed by atoms with Crippen LogP contribution in [0.3, 0.4) is 0 Å². The molecule has 2 heterocycles. The summed E-state index contributed by atoms with van der Waals surface area (Å²) in [6.07, 6.45) is 4.40. The average molecular weight is 385 g/mol. The molecule has 27 heavy (non-hydrogen) atoms. The van der Waals surface area contributed by atoms with Crippen molar-refractivity contribution in [3.8, 4) is 0 Å². The van der Waals surface area contributed by atoms with Gasteiger partial charge in [0.2, 0.25) is 5.91 Å². The zero-order valence-electron chi connectivity index (χ0n) is 15.0. The van der Waals surface area contributed by atoms with Crippen LogP contribution >= 0.6 is 11.6 Å². The fraction of sp³-hybridized carbons (Fsp3) is 0.158. The standard InChI is InChI=1S/C19H17ClN4O3/c1-11-4-5-12(8-15(11)20)6-7-16(25)22-13-9-14-17(21-10-13)23(2)19(27)24(3)18(14)26/h4-10H,1-3H3,(H,22,25)/b7-6+. The third-order valence-corrected chi connectivity index (χ3v) is 4.59. The van der Waals surface area contributed by atoms with E-state index in [4.69, 9.17) is 11.6 Å². The molecule has 7 nitrogen and oxygen atoms in total. The van der Waals surface area contributed by atoms with Crippen LogP contribution in [0.5, 0.6) is 0 Å². The summed E-state index contributed by atoms with van der Waals surface area (Å²) in [5, 5.41) is 3.52. The van der Waals surface area contributed by atoms with Crippen LogP contribution in [-0.2, 0) is 18.9 Å². The SMILES string of the molecule is Cc1ccc(/C=C/C(=O)Nc2cnc3c(c2)c(=O)n(C)c(=O)n3C)cc1Cl. The first-order chi connectivity index (χ1) is 12.8. The maximum absolute atomic E-state index is 12.3. The molecule has 1 N–H and O–H groups in total. The third-order valence-electron chi connectivity index (χ3n) is 4.18. The largest absolute Gasteiger partial charge is 0.332 e. The number of amides is 1. The molecule has 0 spiro atoms. The van der Waals surface area contributed by atoms with Crippen molar-refractivity contribution < 1.29 is 4.79 Å². The highest BCUT2D eigenvalue weighted by atomic mass is 35.5. The van der Waals surface area contributed by atoms with Gasteiger partial charge in [0, 0.05) is 25.2 Å². The number of hydrogen-bond acceptors (Lipinski definition) is 4. The number of nitrogens with zero attached hydrogens (tertiary/aromatic N) is 3. The lowest BCUT2D eigenvalue weighted by Crippen LogP contribution is -2.37. The molecular formula is C19H17ClN4O3. The number of aromatic nitrogens is 3. The summed E-state index contributed by atoms with van der Waals surface area (Å²) in [4.78, 5) is 40.5. The van der Waals surface area contributed by atoms with Crippen molar-refractivity contribution in [2.24, 2.45) is 14.1 Å². The number of benzene rings is 1. The summed E-state index contributed by atoms with van der Waals surface area (Å²) in [6.45, 7) is 1.90. The molecule has 0 aliphatic carbocycles. The molecule has 2 aromatic heterocycles. The van der Waals surface area contributed by atoms with Gasteiger partial charge in [0.05, 0.1) is 17.3 Å². The molecule has 0 saturated carbocycles. The first kappa shape index (κ1) is 18.6. The average Bonchev–Trinajstić information content (AvgIpc) is 2.65. The van der Waals surface area contributed by atoms with Crippen LogP contribution in [0.4, 0.5) is 5.69 Å². The van der Waals surface area contributed by atoms with E-state index in [1.807, 2.05) is 19.1 Å². The van der Waals surface area contributed by atoms with E-state index >= 15 is 0 Å². The number of carbonyl (C=O) groups excluding carboxylic acids is 1. The number of aryl methyl sites for hydroxylation is 2. The monoisotopic (exact) mass is 384 g/mol. The Bertz CT molecular complexity index is 1210. The highest BCUT2D eigenvalue weighted by Gasteiger charge is 2.10. The second-order valence-corrected chi connectivity index (χ2v) is 6.54. The Hall–Kier alpha value is -3.19. The Morgan fingerprint density at radius 2 is 1.93 bits per heavy atom. The van der Waals surface area contributed by atoms with Crippen LogP contribution in [0.1, 0.15) is 11.1 Å². The molecule has 0 aliphatic rings.